The predicted octanol–water partition coefficient (Wildman–Crippen LogP) is 1.22. The Morgan fingerprint density at radius 2 is 1.88 bits per heavy atom. The van der Waals surface area contributed by atoms with Crippen molar-refractivity contribution in [3.05, 3.63) is 0 Å². The zero-order valence-electron chi connectivity index (χ0n) is 10.3. The second-order valence-corrected chi connectivity index (χ2v) is 6.69. The molecule has 1 saturated carbocycles. The third-order valence-electron chi connectivity index (χ3n) is 3.61. The molecule has 1 fully saturated rings. The van der Waals surface area contributed by atoms with E-state index in [4.69, 9.17) is 5.73 Å². The molecule has 0 aromatic carbocycles. The molecule has 0 saturated heterocycles. The largest absolute Gasteiger partial charge is 0.329 e. The lowest BCUT2D eigenvalue weighted by molar-refractivity contribution is 0.363. The first kappa shape index (κ1) is 13.9. The summed E-state index contributed by atoms with van der Waals surface area (Å²) in [7, 11) is -3.16. The molecule has 0 heterocycles. The number of hydrogen-bond acceptors (Lipinski definition) is 3. The quantitative estimate of drug-likeness (QED) is 0.678. The Bertz CT molecular complexity index is 298. The minimum Gasteiger partial charge on any atom is -0.329 e. The van der Waals surface area contributed by atoms with Gasteiger partial charge in [0.15, 0.2) is 0 Å². The highest BCUT2D eigenvalue weighted by Gasteiger charge is 2.31. The molecule has 16 heavy (non-hydrogen) atoms. The van der Waals surface area contributed by atoms with Crippen molar-refractivity contribution in [3.63, 3.8) is 0 Å². The zero-order chi connectivity index (χ0) is 12.2. The maximum atomic E-state index is 11.9. The normalized spacial score (nSPS) is 17.7. The van der Waals surface area contributed by atoms with Crippen LogP contribution < -0.4 is 10.5 Å². The van der Waals surface area contributed by atoms with Gasteiger partial charge in [-0.05, 0) is 25.2 Å². The van der Waals surface area contributed by atoms with Crippen LogP contribution in [0, 0.1) is 5.92 Å². The van der Waals surface area contributed by atoms with Gasteiger partial charge in [0.1, 0.15) is 0 Å². The number of rotatable bonds is 8. The molecular formula is C11H24N2O2S. The van der Waals surface area contributed by atoms with Crippen molar-refractivity contribution in [2.24, 2.45) is 11.7 Å². The highest BCUT2D eigenvalue weighted by molar-refractivity contribution is 7.89. The molecule has 0 aromatic rings. The van der Waals surface area contributed by atoms with Crippen LogP contribution in [0.3, 0.4) is 0 Å². The Balaban J connectivity index is 2.53. The molecular weight excluding hydrogens is 224 g/mol. The lowest BCUT2D eigenvalue weighted by atomic mass is 9.95. The van der Waals surface area contributed by atoms with E-state index in [0.29, 0.717) is 12.5 Å². The third kappa shape index (κ3) is 4.03. The Hall–Kier alpha value is -0.130. The van der Waals surface area contributed by atoms with Gasteiger partial charge in [-0.2, -0.15) is 0 Å². The molecule has 0 unspecified atom stereocenters. The van der Waals surface area contributed by atoms with Crippen LogP contribution in [0.2, 0.25) is 0 Å². The number of nitrogens with two attached hydrogens (primary N) is 1. The minimum atomic E-state index is -3.16. The van der Waals surface area contributed by atoms with Crippen LogP contribution in [0.5, 0.6) is 0 Å². The molecule has 1 rings (SSSR count). The van der Waals surface area contributed by atoms with Crippen LogP contribution in [0.4, 0.5) is 0 Å². The van der Waals surface area contributed by atoms with Crippen LogP contribution in [-0.2, 0) is 10.0 Å². The fourth-order valence-electron chi connectivity index (χ4n) is 1.83. The highest BCUT2D eigenvalue weighted by atomic mass is 32.2. The summed E-state index contributed by atoms with van der Waals surface area (Å²) in [4.78, 5) is 0. The summed E-state index contributed by atoms with van der Waals surface area (Å²) in [6.45, 7) is 4.31. The fourth-order valence-corrected chi connectivity index (χ4v) is 3.61. The molecule has 0 aromatic heterocycles. The Morgan fingerprint density at radius 3 is 2.25 bits per heavy atom. The number of sulfonamides is 1. The van der Waals surface area contributed by atoms with Crippen molar-refractivity contribution in [1.82, 2.24) is 4.72 Å². The first-order valence-corrected chi connectivity index (χ1v) is 7.84. The second kappa shape index (κ2) is 5.47. The average molecular weight is 248 g/mol. The first-order valence-electron chi connectivity index (χ1n) is 6.18. The van der Waals surface area contributed by atoms with E-state index in [9.17, 15) is 8.42 Å². The van der Waals surface area contributed by atoms with Crippen molar-refractivity contribution in [3.8, 4) is 0 Å². The van der Waals surface area contributed by atoms with Gasteiger partial charge < -0.3 is 5.73 Å². The fraction of sp³-hybridized carbons (Fsp3) is 1.00. The van der Waals surface area contributed by atoms with Gasteiger partial charge in [-0.15, -0.1) is 0 Å². The summed E-state index contributed by atoms with van der Waals surface area (Å²) in [5, 5.41) is 0. The van der Waals surface area contributed by atoms with E-state index in [2.05, 4.69) is 4.72 Å². The summed E-state index contributed by atoms with van der Waals surface area (Å²) in [6, 6.07) is 0. The van der Waals surface area contributed by atoms with E-state index < -0.39 is 15.6 Å². The lowest BCUT2D eigenvalue weighted by Gasteiger charge is -2.31. The number of hydrogen-bond donors (Lipinski definition) is 2. The van der Waals surface area contributed by atoms with E-state index in [1.165, 1.54) is 12.8 Å². The monoisotopic (exact) mass is 248 g/mol. The summed E-state index contributed by atoms with van der Waals surface area (Å²) >= 11 is 0. The standard InChI is InChI=1S/C11H24N2O2S/c1-3-11(4-2,9-12)13-16(14,15)8-7-10-5-6-10/h10,13H,3-9,12H2,1-2H3. The molecule has 0 bridgehead atoms. The van der Waals surface area contributed by atoms with Gasteiger partial charge in [-0.1, -0.05) is 26.7 Å². The summed E-state index contributed by atoms with van der Waals surface area (Å²) in [6.07, 6.45) is 4.66. The summed E-state index contributed by atoms with van der Waals surface area (Å²) in [5.74, 6) is 0.895. The molecule has 5 heteroatoms. The van der Waals surface area contributed by atoms with Gasteiger partial charge in [-0.3, -0.25) is 0 Å². The maximum absolute atomic E-state index is 11.9. The molecule has 3 N–H and O–H groups in total. The van der Waals surface area contributed by atoms with Gasteiger partial charge in [0.25, 0.3) is 0 Å². The number of nitrogens with one attached hydrogen (secondary N) is 1. The van der Waals surface area contributed by atoms with Crippen LogP contribution >= 0.6 is 0 Å². The van der Waals surface area contributed by atoms with Crippen LogP contribution in [-0.4, -0.2) is 26.3 Å². The summed E-state index contributed by atoms with van der Waals surface area (Å²) < 4.78 is 26.6. The molecule has 96 valence electrons. The van der Waals surface area contributed by atoms with Crippen molar-refractivity contribution < 1.29 is 8.42 Å². The maximum Gasteiger partial charge on any atom is 0.212 e. The van der Waals surface area contributed by atoms with Gasteiger partial charge in [0.2, 0.25) is 10.0 Å². The Labute approximate surface area is 99.0 Å². The van der Waals surface area contributed by atoms with Gasteiger partial charge in [0, 0.05) is 12.1 Å². The van der Waals surface area contributed by atoms with E-state index in [1.54, 1.807) is 0 Å². The SMILES string of the molecule is CCC(CC)(CN)NS(=O)(=O)CCC1CC1. The van der Waals surface area contributed by atoms with Crippen LogP contribution in [0.25, 0.3) is 0 Å². The minimum absolute atomic E-state index is 0.249. The van der Waals surface area contributed by atoms with Gasteiger partial charge in [0.05, 0.1) is 5.75 Å². The Kier molecular flexibility index (Phi) is 4.76. The van der Waals surface area contributed by atoms with Crippen LogP contribution in [0.1, 0.15) is 46.0 Å². The van der Waals surface area contributed by atoms with E-state index in [1.807, 2.05) is 13.8 Å². The zero-order valence-corrected chi connectivity index (χ0v) is 11.1. The van der Waals surface area contributed by atoms with E-state index in [-0.39, 0.29) is 5.75 Å². The first-order chi connectivity index (χ1) is 7.47. The van der Waals surface area contributed by atoms with Crippen molar-refractivity contribution >= 4 is 10.0 Å². The van der Waals surface area contributed by atoms with E-state index in [0.717, 1.165) is 19.3 Å². The molecule has 1 aliphatic rings. The molecule has 0 aliphatic heterocycles. The lowest BCUT2D eigenvalue weighted by Crippen LogP contribution is -2.53. The molecule has 1 aliphatic carbocycles. The topological polar surface area (TPSA) is 72.2 Å². The van der Waals surface area contributed by atoms with Crippen molar-refractivity contribution in [2.75, 3.05) is 12.3 Å². The molecule has 0 amide bonds. The molecule has 0 spiro atoms. The van der Waals surface area contributed by atoms with Crippen LogP contribution in [0.15, 0.2) is 0 Å². The van der Waals surface area contributed by atoms with Crippen molar-refractivity contribution in [1.29, 1.82) is 0 Å². The Morgan fingerprint density at radius 1 is 1.31 bits per heavy atom. The third-order valence-corrected chi connectivity index (χ3v) is 5.13. The molecule has 4 nitrogen and oxygen atoms in total. The van der Waals surface area contributed by atoms with Crippen molar-refractivity contribution in [2.45, 2.75) is 51.5 Å². The summed E-state index contributed by atoms with van der Waals surface area (Å²) in [5.41, 5.74) is 5.24. The van der Waals surface area contributed by atoms with Gasteiger partial charge in [-0.25, -0.2) is 13.1 Å². The average Bonchev–Trinajstić information content (AvgIpc) is 3.07. The van der Waals surface area contributed by atoms with E-state index >= 15 is 0 Å². The molecule has 0 radical (unpaired) electrons. The smallest absolute Gasteiger partial charge is 0.212 e. The molecule has 0 atom stereocenters. The highest BCUT2D eigenvalue weighted by Crippen LogP contribution is 2.32. The predicted molar refractivity (Wildman–Crippen MR) is 66.6 cm³/mol. The second-order valence-electron chi connectivity index (χ2n) is 4.84. The van der Waals surface area contributed by atoms with Gasteiger partial charge >= 0.3 is 0 Å².